The van der Waals surface area contributed by atoms with E-state index in [0.717, 1.165) is 0 Å². The van der Waals surface area contributed by atoms with Crippen molar-refractivity contribution >= 4 is 0 Å². The van der Waals surface area contributed by atoms with Crippen LogP contribution in [0.15, 0.2) is 60.7 Å². The summed E-state index contributed by atoms with van der Waals surface area (Å²) in [6, 6.07) is 16.1. The molecule has 0 unspecified atom stereocenters. The van der Waals surface area contributed by atoms with Crippen LogP contribution in [0.1, 0.15) is 17.5 Å². The number of hydrogen-bond acceptors (Lipinski definition) is 1. The minimum atomic E-state index is -2.87. The second kappa shape index (κ2) is 5.19. The first-order chi connectivity index (χ1) is 10.0. The SMILES string of the molecule is FC1(F)CN[C@H](C(F)(c2ccccc2)c2ccccc2)C1. The fraction of sp³-hybridized carbons (Fsp3) is 0.294. The van der Waals surface area contributed by atoms with Crippen LogP contribution in [0, 0.1) is 0 Å². The van der Waals surface area contributed by atoms with Crippen molar-refractivity contribution in [1.29, 1.82) is 0 Å². The molecule has 4 heteroatoms. The van der Waals surface area contributed by atoms with Crippen LogP contribution in [0.2, 0.25) is 0 Å². The maximum absolute atomic E-state index is 15.9. The van der Waals surface area contributed by atoms with Gasteiger partial charge in [0.1, 0.15) is 0 Å². The van der Waals surface area contributed by atoms with Crippen molar-refractivity contribution in [2.24, 2.45) is 0 Å². The quantitative estimate of drug-likeness (QED) is 0.904. The molecule has 1 aliphatic heterocycles. The van der Waals surface area contributed by atoms with Crippen molar-refractivity contribution in [1.82, 2.24) is 5.32 Å². The van der Waals surface area contributed by atoms with Gasteiger partial charge in [-0.15, -0.1) is 0 Å². The van der Waals surface area contributed by atoms with Gasteiger partial charge in [-0.2, -0.15) is 0 Å². The Morgan fingerprint density at radius 1 is 0.905 bits per heavy atom. The largest absolute Gasteiger partial charge is 0.304 e. The van der Waals surface area contributed by atoms with Crippen LogP contribution in [0.4, 0.5) is 13.2 Å². The first kappa shape index (κ1) is 14.1. The van der Waals surface area contributed by atoms with E-state index in [1.807, 2.05) is 0 Å². The molecule has 0 amide bonds. The molecule has 0 saturated carbocycles. The van der Waals surface area contributed by atoms with Gasteiger partial charge in [0.25, 0.3) is 5.92 Å². The van der Waals surface area contributed by atoms with Gasteiger partial charge in [0.15, 0.2) is 5.67 Å². The molecule has 110 valence electrons. The molecule has 1 heterocycles. The van der Waals surface area contributed by atoms with Crippen LogP contribution >= 0.6 is 0 Å². The van der Waals surface area contributed by atoms with Gasteiger partial charge in [-0.1, -0.05) is 60.7 Å². The molecule has 2 aromatic rings. The van der Waals surface area contributed by atoms with Gasteiger partial charge >= 0.3 is 0 Å². The Bertz CT molecular complexity index is 558. The molecule has 1 nitrogen and oxygen atoms in total. The summed E-state index contributed by atoms with van der Waals surface area (Å²) in [6.07, 6.45) is -0.507. The summed E-state index contributed by atoms with van der Waals surface area (Å²) in [5, 5.41) is 2.66. The molecule has 0 bridgehead atoms. The van der Waals surface area contributed by atoms with E-state index in [9.17, 15) is 8.78 Å². The lowest BCUT2D eigenvalue weighted by atomic mass is 9.81. The van der Waals surface area contributed by atoms with Gasteiger partial charge in [0.05, 0.1) is 12.6 Å². The summed E-state index contributed by atoms with van der Waals surface area (Å²) in [5.41, 5.74) is -1.18. The molecule has 1 fully saturated rings. The first-order valence-corrected chi connectivity index (χ1v) is 6.93. The third-order valence-corrected chi connectivity index (χ3v) is 3.98. The van der Waals surface area contributed by atoms with E-state index in [2.05, 4.69) is 5.32 Å². The highest BCUT2D eigenvalue weighted by atomic mass is 19.3. The Kier molecular flexibility index (Phi) is 3.49. The fourth-order valence-electron chi connectivity index (χ4n) is 2.93. The lowest BCUT2D eigenvalue weighted by molar-refractivity contribution is 0.0140. The van der Waals surface area contributed by atoms with Crippen molar-refractivity contribution in [3.05, 3.63) is 71.8 Å². The molecule has 0 aromatic heterocycles. The van der Waals surface area contributed by atoms with Gasteiger partial charge < -0.3 is 5.32 Å². The van der Waals surface area contributed by atoms with Crippen molar-refractivity contribution in [3.8, 4) is 0 Å². The maximum atomic E-state index is 15.9. The van der Waals surface area contributed by atoms with Gasteiger partial charge in [-0.3, -0.25) is 0 Å². The highest BCUT2D eigenvalue weighted by Gasteiger charge is 2.51. The summed E-state index contributed by atoms with van der Waals surface area (Å²) in [5.74, 6) is -2.87. The van der Waals surface area contributed by atoms with E-state index in [-0.39, 0.29) is 0 Å². The second-order valence-electron chi connectivity index (χ2n) is 5.44. The molecule has 0 spiro atoms. The van der Waals surface area contributed by atoms with Gasteiger partial charge in [0, 0.05) is 6.42 Å². The standard InChI is InChI=1S/C17H16F3N/c18-16(19)11-15(21-12-16)17(20,13-7-3-1-4-8-13)14-9-5-2-6-10-14/h1-10,15,21H,11-12H2/t15-/m0/s1. The Balaban J connectivity index is 2.08. The predicted octanol–water partition coefficient (Wildman–Crippen LogP) is 3.90. The number of benzene rings is 2. The number of nitrogens with one attached hydrogen (secondary N) is 1. The van der Waals surface area contributed by atoms with Crippen molar-refractivity contribution in [2.75, 3.05) is 6.54 Å². The molecular formula is C17H16F3N. The molecule has 1 aliphatic rings. The fourth-order valence-corrected chi connectivity index (χ4v) is 2.93. The molecule has 1 N–H and O–H groups in total. The van der Waals surface area contributed by atoms with Gasteiger partial charge in [-0.05, 0) is 11.1 Å². The predicted molar refractivity (Wildman–Crippen MR) is 76.1 cm³/mol. The van der Waals surface area contributed by atoms with E-state index in [4.69, 9.17) is 0 Å². The normalized spacial score (nSPS) is 21.4. The third-order valence-electron chi connectivity index (χ3n) is 3.98. The lowest BCUT2D eigenvalue weighted by Crippen LogP contribution is -2.42. The molecule has 21 heavy (non-hydrogen) atoms. The molecule has 0 aliphatic carbocycles. The average molecular weight is 291 g/mol. The Hall–Kier alpha value is -1.81. The van der Waals surface area contributed by atoms with Crippen LogP contribution in [-0.2, 0) is 5.67 Å². The van der Waals surface area contributed by atoms with Gasteiger partial charge in [-0.25, -0.2) is 13.2 Å². The second-order valence-corrected chi connectivity index (χ2v) is 5.44. The lowest BCUT2D eigenvalue weighted by Gasteiger charge is -2.32. The highest BCUT2D eigenvalue weighted by Crippen LogP contribution is 2.43. The Labute approximate surface area is 121 Å². The summed E-state index contributed by atoms with van der Waals surface area (Å²) in [6.45, 7) is -0.483. The monoisotopic (exact) mass is 291 g/mol. The van der Waals surface area contributed by atoms with Crippen LogP contribution in [0.25, 0.3) is 0 Å². The summed E-state index contributed by atoms with van der Waals surface area (Å²) >= 11 is 0. The Morgan fingerprint density at radius 2 is 1.38 bits per heavy atom. The smallest absolute Gasteiger partial charge is 0.261 e. The zero-order chi connectivity index (χ0) is 14.9. The molecular weight excluding hydrogens is 275 g/mol. The van der Waals surface area contributed by atoms with E-state index in [1.54, 1.807) is 60.7 Å². The summed E-state index contributed by atoms with van der Waals surface area (Å²) < 4.78 is 43.0. The highest BCUT2D eigenvalue weighted by molar-refractivity contribution is 5.39. The van der Waals surface area contributed by atoms with E-state index < -0.39 is 30.6 Å². The van der Waals surface area contributed by atoms with Crippen LogP contribution in [0.3, 0.4) is 0 Å². The zero-order valence-corrected chi connectivity index (χ0v) is 11.4. The number of rotatable bonds is 3. The van der Waals surface area contributed by atoms with E-state index in [0.29, 0.717) is 11.1 Å². The molecule has 3 rings (SSSR count). The van der Waals surface area contributed by atoms with E-state index in [1.165, 1.54) is 0 Å². The van der Waals surface area contributed by atoms with Crippen LogP contribution in [-0.4, -0.2) is 18.5 Å². The minimum Gasteiger partial charge on any atom is -0.304 e. The first-order valence-electron chi connectivity index (χ1n) is 6.93. The molecule has 2 aromatic carbocycles. The third kappa shape index (κ3) is 2.56. The topological polar surface area (TPSA) is 12.0 Å². The zero-order valence-electron chi connectivity index (χ0n) is 11.4. The molecule has 1 atom stereocenters. The van der Waals surface area contributed by atoms with Crippen molar-refractivity contribution < 1.29 is 13.2 Å². The molecule has 1 saturated heterocycles. The minimum absolute atomic E-state index is 0.395. The van der Waals surface area contributed by atoms with Crippen molar-refractivity contribution in [2.45, 2.75) is 24.1 Å². The van der Waals surface area contributed by atoms with Crippen LogP contribution < -0.4 is 5.32 Å². The van der Waals surface area contributed by atoms with E-state index >= 15 is 4.39 Å². The maximum Gasteiger partial charge on any atom is 0.261 e. The van der Waals surface area contributed by atoms with Gasteiger partial charge in [0.2, 0.25) is 0 Å². The Morgan fingerprint density at radius 3 is 1.76 bits per heavy atom. The molecule has 0 radical (unpaired) electrons. The number of hydrogen-bond donors (Lipinski definition) is 1. The van der Waals surface area contributed by atoms with Crippen molar-refractivity contribution in [3.63, 3.8) is 0 Å². The summed E-state index contributed by atoms with van der Waals surface area (Å²) in [7, 11) is 0. The summed E-state index contributed by atoms with van der Waals surface area (Å²) in [4.78, 5) is 0. The number of halogens is 3. The number of alkyl halides is 3. The average Bonchev–Trinajstić information content (AvgIpc) is 2.89. The van der Waals surface area contributed by atoms with Crippen LogP contribution in [0.5, 0.6) is 0 Å².